The Morgan fingerprint density at radius 2 is 1.71 bits per heavy atom. The van der Waals surface area contributed by atoms with Crippen LogP contribution in [-0.2, 0) is 13.6 Å². The van der Waals surface area contributed by atoms with E-state index in [0.29, 0.717) is 6.42 Å². The Morgan fingerprint density at radius 3 is 2.19 bits per heavy atom. The maximum Gasteiger partial charge on any atom is 0.313 e. The molecule has 1 saturated heterocycles. The summed E-state index contributed by atoms with van der Waals surface area (Å²) in [7, 11) is -3.94. The van der Waals surface area contributed by atoms with Gasteiger partial charge in [0.1, 0.15) is 11.7 Å². The van der Waals surface area contributed by atoms with E-state index in [-0.39, 0.29) is 23.4 Å². The van der Waals surface area contributed by atoms with Crippen molar-refractivity contribution in [1.29, 1.82) is 0 Å². The maximum absolute atomic E-state index is 8.17. The van der Waals surface area contributed by atoms with Crippen molar-refractivity contribution in [3.63, 3.8) is 0 Å². The lowest BCUT2D eigenvalue weighted by atomic mass is 9.94. The van der Waals surface area contributed by atoms with Crippen molar-refractivity contribution in [3.8, 4) is 0 Å². The van der Waals surface area contributed by atoms with Crippen molar-refractivity contribution in [2.24, 2.45) is 0 Å². The third-order valence-corrected chi connectivity index (χ3v) is 13.8. The first-order chi connectivity index (χ1) is 14.1. The summed E-state index contributed by atoms with van der Waals surface area (Å²) >= 11 is 1.64. The monoisotopic (exact) mass is 477 g/mol. The highest BCUT2D eigenvalue weighted by Gasteiger charge is 2.80. The smallest absolute Gasteiger partial charge is 0.313 e. The summed E-state index contributed by atoms with van der Waals surface area (Å²) in [5.74, 6) is 0. The van der Waals surface area contributed by atoms with Gasteiger partial charge in [-0.2, -0.15) is 0 Å². The maximum atomic E-state index is 8.17. The molecule has 3 rings (SSSR count). The van der Waals surface area contributed by atoms with Crippen LogP contribution < -0.4 is 0 Å². The Kier molecular flexibility index (Phi) is 6.45. The predicted molar refractivity (Wildman–Crippen MR) is 135 cm³/mol. The number of rotatable bonds is 7. The molecule has 2 aliphatic rings. The van der Waals surface area contributed by atoms with Crippen LogP contribution in [0.1, 0.15) is 39.7 Å². The Morgan fingerprint density at radius 1 is 1.13 bits per heavy atom. The number of epoxide rings is 1. The van der Waals surface area contributed by atoms with Crippen LogP contribution >= 0.6 is 11.8 Å². The SMILES string of the molecule is [C-]#[N+][C@]1(Sc2ccc(C)cc2)C[C@@](O[Si](C)(C)C)([C@@H](C)O[Si](C)(C)C(C)(C)C)[C@@H]2O[C@@H]21. The third-order valence-electron chi connectivity index (χ3n) is 6.91. The number of fused-ring (bicyclic) bond motifs is 1. The number of hydrogen-bond acceptors (Lipinski definition) is 4. The second-order valence-corrected chi connectivity index (χ2v) is 22.3. The van der Waals surface area contributed by atoms with E-state index in [1.54, 1.807) is 11.8 Å². The van der Waals surface area contributed by atoms with Crippen LogP contribution in [0.2, 0.25) is 37.8 Å². The first kappa shape index (κ1) is 25.0. The minimum absolute atomic E-state index is 0.0777. The zero-order valence-electron chi connectivity index (χ0n) is 20.8. The number of aryl methyl sites for hydroxylation is 1. The second kappa shape index (κ2) is 8.00. The first-order valence-electron chi connectivity index (χ1n) is 11.2. The molecule has 1 heterocycles. The van der Waals surface area contributed by atoms with E-state index in [2.05, 4.69) is 96.5 Å². The van der Waals surface area contributed by atoms with Crippen molar-refractivity contribution >= 4 is 28.4 Å². The van der Waals surface area contributed by atoms with Crippen molar-refractivity contribution in [1.82, 2.24) is 0 Å². The quantitative estimate of drug-likeness (QED) is 0.244. The standard InChI is InChI=1S/C24H39NO3SSi2/c1-17-12-14-19(15-13-17)29-24(25-6)16-23(20-21(24)26-20,28-30(7,8)9)18(2)27-31(10,11)22(3,4)5/h12-15,18,20-21H,16H2,1-5,7-11H3/t18-,20-,21+,23-,24+/m1/s1. The van der Waals surface area contributed by atoms with Crippen LogP contribution in [0, 0.1) is 13.5 Å². The van der Waals surface area contributed by atoms with E-state index in [4.69, 9.17) is 20.2 Å². The van der Waals surface area contributed by atoms with E-state index in [9.17, 15) is 0 Å². The van der Waals surface area contributed by atoms with Gasteiger partial charge >= 0.3 is 4.87 Å². The Labute approximate surface area is 195 Å². The number of hydrogen-bond donors (Lipinski definition) is 0. The molecule has 1 saturated carbocycles. The van der Waals surface area contributed by atoms with Crippen molar-refractivity contribution < 1.29 is 13.6 Å². The lowest BCUT2D eigenvalue weighted by molar-refractivity contribution is -0.0686. The Balaban J connectivity index is 1.96. The van der Waals surface area contributed by atoms with Gasteiger partial charge in [-0.25, -0.2) is 6.57 Å². The highest BCUT2D eigenvalue weighted by molar-refractivity contribution is 8.01. The van der Waals surface area contributed by atoms with Gasteiger partial charge in [-0.05, 0) is 75.5 Å². The number of ether oxygens (including phenoxy) is 1. The summed E-state index contributed by atoms with van der Waals surface area (Å²) in [6, 6.07) is 8.43. The summed E-state index contributed by atoms with van der Waals surface area (Å²) < 4.78 is 20.0. The fourth-order valence-electron chi connectivity index (χ4n) is 4.30. The zero-order chi connectivity index (χ0) is 23.5. The first-order valence-corrected chi connectivity index (χ1v) is 18.4. The zero-order valence-corrected chi connectivity index (χ0v) is 23.6. The predicted octanol–water partition coefficient (Wildman–Crippen LogP) is 6.87. The molecule has 0 amide bonds. The fraction of sp³-hybridized carbons (Fsp3) is 0.708. The average molecular weight is 478 g/mol. The summed E-state index contributed by atoms with van der Waals surface area (Å²) in [5.41, 5.74) is 0.647. The Hall–Kier alpha value is -0.626. The summed E-state index contributed by atoms with van der Waals surface area (Å²) in [5, 5.41) is 0.109. The Bertz CT molecular complexity index is 856. The molecule has 4 nitrogen and oxygen atoms in total. The summed E-state index contributed by atoms with van der Waals surface area (Å²) in [4.78, 5) is 4.62. The molecular weight excluding hydrogens is 439 g/mol. The van der Waals surface area contributed by atoms with Crippen molar-refractivity contribution in [2.75, 3.05) is 0 Å². The normalized spacial score (nSPS) is 31.8. The highest BCUT2D eigenvalue weighted by Crippen LogP contribution is 2.63. The minimum atomic E-state index is -2.01. The van der Waals surface area contributed by atoms with Crippen LogP contribution in [0.3, 0.4) is 0 Å². The summed E-state index contributed by atoms with van der Waals surface area (Å²) in [6.45, 7) is 30.4. The van der Waals surface area contributed by atoms with Gasteiger partial charge in [0.25, 0.3) is 0 Å². The van der Waals surface area contributed by atoms with Gasteiger partial charge < -0.3 is 13.6 Å². The van der Waals surface area contributed by atoms with Crippen LogP contribution in [0.15, 0.2) is 29.2 Å². The lowest BCUT2D eigenvalue weighted by Crippen LogP contribution is -2.58. The molecule has 7 heteroatoms. The molecule has 0 aromatic heterocycles. The molecular formula is C24H39NO3SSi2. The van der Waals surface area contributed by atoms with Gasteiger partial charge in [-0.3, -0.25) is 4.85 Å². The minimum Gasteiger partial charge on any atom is -0.411 e. The molecule has 0 radical (unpaired) electrons. The van der Waals surface area contributed by atoms with Gasteiger partial charge in [0.05, 0.1) is 12.5 Å². The van der Waals surface area contributed by atoms with E-state index in [1.807, 2.05) is 0 Å². The van der Waals surface area contributed by atoms with E-state index in [1.165, 1.54) is 5.56 Å². The molecule has 31 heavy (non-hydrogen) atoms. The fourth-order valence-corrected chi connectivity index (χ4v) is 8.55. The van der Waals surface area contributed by atoms with E-state index >= 15 is 0 Å². The van der Waals surface area contributed by atoms with Gasteiger partial charge in [-0.15, -0.1) is 0 Å². The molecule has 1 aliphatic heterocycles. The second-order valence-electron chi connectivity index (χ2n) is 11.7. The van der Waals surface area contributed by atoms with E-state index in [0.717, 1.165) is 4.90 Å². The van der Waals surface area contributed by atoms with Gasteiger partial charge in [0.15, 0.2) is 22.7 Å². The molecule has 0 spiro atoms. The third kappa shape index (κ3) is 4.85. The molecule has 0 unspecified atom stereocenters. The molecule has 0 N–H and O–H groups in total. The van der Waals surface area contributed by atoms with Gasteiger partial charge in [0, 0.05) is 4.90 Å². The number of nitrogens with zero attached hydrogens (tertiary/aromatic N) is 1. The molecule has 5 atom stereocenters. The van der Waals surface area contributed by atoms with Crippen molar-refractivity contribution in [2.45, 2.75) is 112 Å². The molecule has 2 fully saturated rings. The molecule has 1 aliphatic carbocycles. The topological polar surface area (TPSA) is 35.4 Å². The average Bonchev–Trinajstić information content (AvgIpc) is 3.37. The van der Waals surface area contributed by atoms with Crippen LogP contribution in [0.25, 0.3) is 4.85 Å². The van der Waals surface area contributed by atoms with Crippen LogP contribution in [0.5, 0.6) is 0 Å². The number of benzene rings is 1. The highest BCUT2D eigenvalue weighted by atomic mass is 32.2. The van der Waals surface area contributed by atoms with E-state index < -0.39 is 27.1 Å². The van der Waals surface area contributed by atoms with Crippen molar-refractivity contribution in [3.05, 3.63) is 41.2 Å². The lowest BCUT2D eigenvalue weighted by Gasteiger charge is -2.46. The number of thioether (sulfide) groups is 1. The summed E-state index contributed by atoms with van der Waals surface area (Å²) in [6.07, 6.45) is 0.318. The molecule has 0 bridgehead atoms. The molecule has 1 aromatic carbocycles. The van der Waals surface area contributed by atoms with Gasteiger partial charge in [0.2, 0.25) is 0 Å². The molecule has 172 valence electrons. The largest absolute Gasteiger partial charge is 0.411 e. The van der Waals surface area contributed by atoms with Gasteiger partial charge in [-0.1, -0.05) is 38.5 Å². The van der Waals surface area contributed by atoms with Crippen LogP contribution in [0.4, 0.5) is 0 Å². The van der Waals surface area contributed by atoms with Crippen LogP contribution in [-0.4, -0.2) is 45.4 Å². The molecule has 1 aromatic rings.